The summed E-state index contributed by atoms with van der Waals surface area (Å²) in [4.78, 5) is 13.3. The highest BCUT2D eigenvalue weighted by Gasteiger charge is 2.45. The molecule has 3 nitrogen and oxygen atoms in total. The Hall–Kier alpha value is -1.19. The Kier molecular flexibility index (Phi) is 7.44. The van der Waals surface area contributed by atoms with Crippen molar-refractivity contribution < 1.29 is 14.3 Å². The van der Waals surface area contributed by atoms with Gasteiger partial charge in [-0.05, 0) is 38.2 Å². The third-order valence-electron chi connectivity index (χ3n) is 5.05. The highest BCUT2D eigenvalue weighted by Crippen LogP contribution is 2.36. The van der Waals surface area contributed by atoms with Crippen LogP contribution in [0.15, 0.2) is 30.3 Å². The predicted molar refractivity (Wildman–Crippen MR) is 97.0 cm³/mol. The summed E-state index contributed by atoms with van der Waals surface area (Å²) in [6.07, 6.45) is 6.04. The Balaban J connectivity index is 2.22. The average molecular weight is 332 g/mol. The van der Waals surface area contributed by atoms with Crippen molar-refractivity contribution in [2.45, 2.75) is 71.0 Å². The third-order valence-corrected chi connectivity index (χ3v) is 5.05. The normalized spacial score (nSPS) is 17.6. The van der Waals surface area contributed by atoms with Crippen molar-refractivity contribution in [3.63, 3.8) is 0 Å². The molecule has 1 saturated carbocycles. The minimum atomic E-state index is -1.10. The van der Waals surface area contributed by atoms with Crippen LogP contribution in [0, 0.1) is 5.92 Å². The topological polar surface area (TPSA) is 35.5 Å². The molecule has 0 radical (unpaired) electrons. The predicted octanol–water partition coefficient (Wildman–Crippen LogP) is 5.10. The molecule has 134 valence electrons. The molecular weight excluding hydrogens is 300 g/mol. The van der Waals surface area contributed by atoms with Gasteiger partial charge in [-0.2, -0.15) is 0 Å². The van der Waals surface area contributed by atoms with E-state index in [2.05, 4.69) is 19.1 Å². The summed E-state index contributed by atoms with van der Waals surface area (Å²) in [7, 11) is 0. The maximum absolute atomic E-state index is 13.3. The van der Waals surface area contributed by atoms with Gasteiger partial charge in [-0.15, -0.1) is 0 Å². The van der Waals surface area contributed by atoms with Crippen LogP contribution in [0.4, 0.5) is 0 Å². The van der Waals surface area contributed by atoms with Crippen molar-refractivity contribution in [1.82, 2.24) is 0 Å². The van der Waals surface area contributed by atoms with Crippen molar-refractivity contribution in [2.75, 3.05) is 13.2 Å². The Morgan fingerprint density at radius 3 is 2.21 bits per heavy atom. The summed E-state index contributed by atoms with van der Waals surface area (Å²) in [5.74, 6) is -0.647. The van der Waals surface area contributed by atoms with E-state index in [1.165, 1.54) is 12.0 Å². The van der Waals surface area contributed by atoms with Gasteiger partial charge >= 0.3 is 0 Å². The van der Waals surface area contributed by atoms with Gasteiger partial charge in [0.05, 0.1) is 0 Å². The molecule has 1 aromatic carbocycles. The van der Waals surface area contributed by atoms with Crippen molar-refractivity contribution in [2.24, 2.45) is 5.92 Å². The number of carbonyl (C=O) groups excluding carboxylic acids is 1. The fourth-order valence-electron chi connectivity index (χ4n) is 3.85. The largest absolute Gasteiger partial charge is 0.344 e. The molecule has 1 atom stereocenters. The molecule has 0 heterocycles. The van der Waals surface area contributed by atoms with E-state index in [0.29, 0.717) is 19.6 Å². The highest BCUT2D eigenvalue weighted by molar-refractivity contribution is 5.88. The molecular formula is C21H32O3. The molecule has 1 unspecified atom stereocenters. The van der Waals surface area contributed by atoms with Gasteiger partial charge in [-0.3, -0.25) is 4.79 Å². The second-order valence-corrected chi connectivity index (χ2v) is 6.83. The quantitative estimate of drug-likeness (QED) is 0.590. The van der Waals surface area contributed by atoms with E-state index in [0.717, 1.165) is 25.7 Å². The fraction of sp³-hybridized carbons (Fsp3) is 0.667. The molecule has 1 aliphatic rings. The van der Waals surface area contributed by atoms with Crippen LogP contribution in [-0.2, 0) is 14.3 Å². The van der Waals surface area contributed by atoms with Crippen LogP contribution in [0.25, 0.3) is 0 Å². The van der Waals surface area contributed by atoms with Crippen LogP contribution < -0.4 is 0 Å². The Labute approximate surface area is 146 Å². The van der Waals surface area contributed by atoms with Crippen LogP contribution in [0.5, 0.6) is 0 Å². The number of ketones is 1. The first kappa shape index (κ1) is 19.1. The van der Waals surface area contributed by atoms with E-state index in [1.54, 1.807) is 0 Å². The van der Waals surface area contributed by atoms with Crippen molar-refractivity contribution >= 4 is 5.78 Å². The van der Waals surface area contributed by atoms with Gasteiger partial charge in [-0.25, -0.2) is 0 Å². The Morgan fingerprint density at radius 2 is 1.67 bits per heavy atom. The SMILES string of the molecule is CCOC(CC(C)c1ccccc1)(OCC)C(=O)C1CCCCC1. The lowest BCUT2D eigenvalue weighted by Crippen LogP contribution is -2.49. The maximum atomic E-state index is 13.3. The molecule has 0 saturated heterocycles. The molecule has 3 heteroatoms. The lowest BCUT2D eigenvalue weighted by Gasteiger charge is -2.37. The van der Waals surface area contributed by atoms with E-state index < -0.39 is 5.79 Å². The number of hydrogen-bond donors (Lipinski definition) is 0. The van der Waals surface area contributed by atoms with E-state index in [9.17, 15) is 4.79 Å². The molecule has 0 aliphatic heterocycles. The number of Topliss-reactive ketones (excluding diaryl/α,β-unsaturated/α-hetero) is 1. The summed E-state index contributed by atoms with van der Waals surface area (Å²) in [5, 5.41) is 0. The molecule has 0 aromatic heterocycles. The molecule has 1 aliphatic carbocycles. The average Bonchev–Trinajstić information content (AvgIpc) is 2.63. The monoisotopic (exact) mass is 332 g/mol. The minimum absolute atomic E-state index is 0.0832. The van der Waals surface area contributed by atoms with Crippen LogP contribution >= 0.6 is 0 Å². The standard InChI is InChI=1S/C21H32O3/c1-4-23-21(24-5-2,20(22)19-14-10-7-11-15-19)16-17(3)18-12-8-6-9-13-18/h6,8-9,12-13,17,19H,4-5,7,10-11,14-16H2,1-3H3. The zero-order chi connectivity index (χ0) is 17.4. The third kappa shape index (κ3) is 4.67. The van der Waals surface area contributed by atoms with Crippen LogP contribution in [-0.4, -0.2) is 24.8 Å². The lowest BCUT2D eigenvalue weighted by molar-refractivity contribution is -0.234. The van der Waals surface area contributed by atoms with Gasteiger partial charge in [-0.1, -0.05) is 56.5 Å². The summed E-state index contributed by atoms with van der Waals surface area (Å²) >= 11 is 0. The highest BCUT2D eigenvalue weighted by atomic mass is 16.7. The smallest absolute Gasteiger partial charge is 0.229 e. The number of ether oxygens (including phenoxy) is 2. The molecule has 0 amide bonds. The van der Waals surface area contributed by atoms with Crippen molar-refractivity contribution in [1.29, 1.82) is 0 Å². The second-order valence-electron chi connectivity index (χ2n) is 6.83. The van der Waals surface area contributed by atoms with Crippen LogP contribution in [0.3, 0.4) is 0 Å². The van der Waals surface area contributed by atoms with Crippen molar-refractivity contribution in [3.8, 4) is 0 Å². The second kappa shape index (κ2) is 9.33. The van der Waals surface area contributed by atoms with Gasteiger partial charge in [0.1, 0.15) is 0 Å². The Bertz CT molecular complexity index is 485. The summed E-state index contributed by atoms with van der Waals surface area (Å²) in [5.41, 5.74) is 1.22. The van der Waals surface area contributed by atoms with E-state index in [4.69, 9.17) is 9.47 Å². The number of carbonyl (C=O) groups is 1. The zero-order valence-electron chi connectivity index (χ0n) is 15.4. The van der Waals surface area contributed by atoms with Gasteiger partial charge in [0.25, 0.3) is 0 Å². The van der Waals surface area contributed by atoms with Crippen molar-refractivity contribution in [3.05, 3.63) is 35.9 Å². The summed E-state index contributed by atoms with van der Waals surface area (Å²) in [6, 6.07) is 10.3. The summed E-state index contributed by atoms with van der Waals surface area (Å²) in [6.45, 7) is 7.00. The van der Waals surface area contributed by atoms with E-state index in [1.807, 2.05) is 32.0 Å². The molecule has 0 bridgehead atoms. The molecule has 2 rings (SSSR count). The first-order valence-corrected chi connectivity index (χ1v) is 9.50. The van der Waals surface area contributed by atoms with Gasteiger partial charge in [0, 0.05) is 25.6 Å². The first-order chi connectivity index (χ1) is 11.6. The Morgan fingerprint density at radius 1 is 1.08 bits per heavy atom. The van der Waals surface area contributed by atoms with Crippen LogP contribution in [0.1, 0.15) is 70.8 Å². The van der Waals surface area contributed by atoms with E-state index in [-0.39, 0.29) is 17.6 Å². The summed E-state index contributed by atoms with van der Waals surface area (Å²) < 4.78 is 12.0. The van der Waals surface area contributed by atoms with Crippen LogP contribution in [0.2, 0.25) is 0 Å². The molecule has 1 aromatic rings. The zero-order valence-corrected chi connectivity index (χ0v) is 15.4. The number of rotatable bonds is 9. The number of benzene rings is 1. The molecule has 0 N–H and O–H groups in total. The molecule has 24 heavy (non-hydrogen) atoms. The fourth-order valence-corrected chi connectivity index (χ4v) is 3.85. The number of hydrogen-bond acceptors (Lipinski definition) is 3. The molecule has 0 spiro atoms. The van der Waals surface area contributed by atoms with Gasteiger partial charge in [0.15, 0.2) is 5.78 Å². The maximum Gasteiger partial charge on any atom is 0.229 e. The van der Waals surface area contributed by atoms with Gasteiger partial charge in [0.2, 0.25) is 5.79 Å². The lowest BCUT2D eigenvalue weighted by atomic mass is 9.80. The van der Waals surface area contributed by atoms with E-state index >= 15 is 0 Å². The van der Waals surface area contributed by atoms with Gasteiger partial charge < -0.3 is 9.47 Å². The molecule has 1 fully saturated rings. The first-order valence-electron chi connectivity index (χ1n) is 9.50. The minimum Gasteiger partial charge on any atom is -0.344 e.